The molecule has 36 heavy (non-hydrogen) atoms. The van der Waals surface area contributed by atoms with E-state index in [1.807, 2.05) is 85.8 Å². The Morgan fingerprint density at radius 2 is 1.69 bits per heavy atom. The average molecular weight is 497 g/mol. The Labute approximate surface area is 215 Å². The first-order valence-corrected chi connectivity index (χ1v) is 13.1. The summed E-state index contributed by atoms with van der Waals surface area (Å²) in [5.41, 5.74) is 4.37. The zero-order valence-electron chi connectivity index (χ0n) is 20.5. The molecule has 3 aromatic rings. The van der Waals surface area contributed by atoms with Crippen molar-refractivity contribution in [3.05, 3.63) is 95.6 Å². The largest absolute Gasteiger partial charge is 0.325 e. The molecule has 2 atom stereocenters. The van der Waals surface area contributed by atoms with Crippen LogP contribution >= 0.6 is 11.8 Å². The molecular formula is C29H28N4O2S. The number of carbonyl (C=O) groups is 2. The molecule has 0 aromatic heterocycles. The zero-order chi connectivity index (χ0) is 25.2. The molecule has 2 aliphatic rings. The van der Waals surface area contributed by atoms with Crippen molar-refractivity contribution in [2.45, 2.75) is 44.4 Å². The fourth-order valence-electron chi connectivity index (χ4n) is 4.31. The second-order valence-corrected chi connectivity index (χ2v) is 10.3. The molecule has 0 spiro atoms. The predicted octanol–water partition coefficient (Wildman–Crippen LogP) is 6.29. The van der Waals surface area contributed by atoms with Crippen molar-refractivity contribution in [2.75, 3.05) is 5.32 Å². The van der Waals surface area contributed by atoms with Crippen molar-refractivity contribution < 1.29 is 9.59 Å². The number of fused-ring (bicyclic) bond motifs is 3. The molecule has 2 heterocycles. The number of hydrogen-bond acceptors (Lipinski definition) is 5. The summed E-state index contributed by atoms with van der Waals surface area (Å²) >= 11 is 1.30. The lowest BCUT2D eigenvalue weighted by atomic mass is 10.0. The van der Waals surface area contributed by atoms with E-state index in [-0.39, 0.29) is 11.8 Å². The van der Waals surface area contributed by atoms with Crippen molar-refractivity contribution >= 4 is 46.0 Å². The number of amides is 2. The van der Waals surface area contributed by atoms with Crippen LogP contribution in [0.4, 0.5) is 11.4 Å². The Morgan fingerprint density at radius 1 is 1.00 bits per heavy atom. The maximum atomic E-state index is 13.6. The first-order valence-electron chi connectivity index (χ1n) is 12.2. The molecule has 2 unspecified atom stereocenters. The van der Waals surface area contributed by atoms with E-state index in [1.54, 1.807) is 4.90 Å². The SMILES string of the molecule is CCC(SC1=Nc2ccccc2C2=NC(c3ccccc3)C(=O)N12)C(=O)Nc1ccc(C(C)C)cc1. The first kappa shape index (κ1) is 24.0. The third-order valence-corrected chi connectivity index (χ3v) is 7.66. The number of nitrogens with zero attached hydrogens (tertiary/aromatic N) is 3. The van der Waals surface area contributed by atoms with Gasteiger partial charge in [-0.1, -0.05) is 87.1 Å². The number of aliphatic imine (C=N–C) groups is 2. The van der Waals surface area contributed by atoms with Gasteiger partial charge in [0.15, 0.2) is 11.2 Å². The van der Waals surface area contributed by atoms with Gasteiger partial charge in [-0.15, -0.1) is 0 Å². The number of amidine groups is 2. The normalized spacial score (nSPS) is 17.3. The van der Waals surface area contributed by atoms with Crippen LogP contribution in [0, 0.1) is 0 Å². The Kier molecular flexibility index (Phi) is 6.74. The molecule has 0 fully saturated rings. The van der Waals surface area contributed by atoms with Crippen LogP contribution in [0.15, 0.2) is 88.8 Å². The lowest BCUT2D eigenvalue weighted by molar-refractivity contribution is -0.124. The molecule has 1 N–H and O–H groups in total. The van der Waals surface area contributed by atoms with Gasteiger partial charge in [0.2, 0.25) is 5.91 Å². The van der Waals surface area contributed by atoms with E-state index >= 15 is 0 Å². The summed E-state index contributed by atoms with van der Waals surface area (Å²) in [5.74, 6) is 0.735. The number of anilines is 1. The molecule has 0 saturated carbocycles. The van der Waals surface area contributed by atoms with Crippen LogP contribution in [-0.2, 0) is 9.59 Å². The van der Waals surface area contributed by atoms with Gasteiger partial charge in [-0.2, -0.15) is 0 Å². The van der Waals surface area contributed by atoms with Gasteiger partial charge in [0.25, 0.3) is 5.91 Å². The third kappa shape index (κ3) is 4.58. The van der Waals surface area contributed by atoms with Gasteiger partial charge in [0, 0.05) is 11.3 Å². The highest BCUT2D eigenvalue weighted by molar-refractivity contribution is 8.15. The summed E-state index contributed by atoms with van der Waals surface area (Å²) in [6.07, 6.45) is 0.581. The minimum Gasteiger partial charge on any atom is -0.325 e. The summed E-state index contributed by atoms with van der Waals surface area (Å²) in [5, 5.41) is 3.08. The Hall–Kier alpha value is -3.71. The number of rotatable bonds is 6. The van der Waals surface area contributed by atoms with Gasteiger partial charge in [0.1, 0.15) is 5.84 Å². The molecule has 2 amide bonds. The summed E-state index contributed by atoms with van der Waals surface area (Å²) in [4.78, 5) is 38.0. The van der Waals surface area contributed by atoms with E-state index in [4.69, 9.17) is 9.98 Å². The highest BCUT2D eigenvalue weighted by atomic mass is 32.2. The van der Waals surface area contributed by atoms with E-state index in [9.17, 15) is 9.59 Å². The molecule has 182 valence electrons. The lowest BCUT2D eigenvalue weighted by Gasteiger charge is -2.27. The van der Waals surface area contributed by atoms with Crippen LogP contribution in [0.25, 0.3) is 0 Å². The monoisotopic (exact) mass is 496 g/mol. The van der Waals surface area contributed by atoms with Crippen LogP contribution in [0.5, 0.6) is 0 Å². The molecule has 0 bridgehead atoms. The van der Waals surface area contributed by atoms with Crippen LogP contribution in [0.1, 0.15) is 55.8 Å². The van der Waals surface area contributed by atoms with E-state index < -0.39 is 11.3 Å². The molecule has 5 rings (SSSR count). The average Bonchev–Trinajstić information content (AvgIpc) is 3.25. The first-order chi connectivity index (χ1) is 17.5. The Bertz CT molecular complexity index is 1350. The number of para-hydroxylation sites is 1. The second kappa shape index (κ2) is 10.1. The highest BCUT2D eigenvalue weighted by Gasteiger charge is 2.43. The topological polar surface area (TPSA) is 74.1 Å². The second-order valence-electron chi connectivity index (χ2n) is 9.13. The minimum atomic E-state index is -0.633. The predicted molar refractivity (Wildman–Crippen MR) is 147 cm³/mol. The smallest absolute Gasteiger partial charge is 0.263 e. The van der Waals surface area contributed by atoms with Crippen LogP contribution < -0.4 is 5.32 Å². The molecule has 7 heteroatoms. The molecule has 0 radical (unpaired) electrons. The van der Waals surface area contributed by atoms with Crippen molar-refractivity contribution in [1.29, 1.82) is 0 Å². The number of thioether (sulfide) groups is 1. The lowest BCUT2D eigenvalue weighted by Crippen LogP contribution is -2.41. The van der Waals surface area contributed by atoms with Gasteiger partial charge in [-0.25, -0.2) is 14.9 Å². The van der Waals surface area contributed by atoms with Gasteiger partial charge in [0.05, 0.1) is 10.9 Å². The fourth-order valence-corrected chi connectivity index (χ4v) is 5.33. The molecule has 2 aliphatic heterocycles. The number of benzene rings is 3. The van der Waals surface area contributed by atoms with E-state index in [0.29, 0.717) is 23.3 Å². The number of carbonyl (C=O) groups excluding carboxylic acids is 2. The van der Waals surface area contributed by atoms with E-state index in [2.05, 4.69) is 19.2 Å². The molecule has 0 saturated heterocycles. The van der Waals surface area contributed by atoms with Crippen LogP contribution in [-0.4, -0.2) is 33.0 Å². The standard InChI is InChI=1S/C29H28N4O2S/c1-4-24(27(34)30-21-16-14-19(15-17-21)18(2)3)36-29-31-23-13-9-8-12-22(23)26-32-25(28(35)33(26)29)20-10-6-5-7-11-20/h5-18,24-25H,4H2,1-3H3,(H,30,34). The highest BCUT2D eigenvalue weighted by Crippen LogP contribution is 2.38. The van der Waals surface area contributed by atoms with Gasteiger partial charge in [-0.05, 0) is 47.7 Å². The quantitative estimate of drug-likeness (QED) is 0.436. The summed E-state index contributed by atoms with van der Waals surface area (Å²) in [7, 11) is 0. The van der Waals surface area contributed by atoms with Crippen molar-refractivity contribution in [3.8, 4) is 0 Å². The number of hydrogen-bond donors (Lipinski definition) is 1. The summed E-state index contributed by atoms with van der Waals surface area (Å²) < 4.78 is 0. The molecular weight excluding hydrogens is 468 g/mol. The Balaban J connectivity index is 1.42. The molecule has 3 aromatic carbocycles. The van der Waals surface area contributed by atoms with E-state index in [1.165, 1.54) is 17.3 Å². The van der Waals surface area contributed by atoms with Crippen molar-refractivity contribution in [2.24, 2.45) is 9.98 Å². The van der Waals surface area contributed by atoms with Gasteiger partial charge >= 0.3 is 0 Å². The van der Waals surface area contributed by atoms with Crippen molar-refractivity contribution in [1.82, 2.24) is 4.90 Å². The third-order valence-electron chi connectivity index (χ3n) is 6.34. The minimum absolute atomic E-state index is 0.119. The van der Waals surface area contributed by atoms with Crippen LogP contribution in [0.3, 0.4) is 0 Å². The fraction of sp³-hybridized carbons (Fsp3) is 0.241. The maximum Gasteiger partial charge on any atom is 0.263 e. The molecule has 6 nitrogen and oxygen atoms in total. The van der Waals surface area contributed by atoms with E-state index in [0.717, 1.165) is 22.5 Å². The number of nitrogens with one attached hydrogen (secondary N) is 1. The van der Waals surface area contributed by atoms with Crippen LogP contribution in [0.2, 0.25) is 0 Å². The van der Waals surface area contributed by atoms with Gasteiger partial charge in [-0.3, -0.25) is 9.59 Å². The maximum absolute atomic E-state index is 13.6. The molecule has 0 aliphatic carbocycles. The van der Waals surface area contributed by atoms with Crippen molar-refractivity contribution in [3.63, 3.8) is 0 Å². The Morgan fingerprint density at radius 3 is 2.39 bits per heavy atom. The van der Waals surface area contributed by atoms with Gasteiger partial charge < -0.3 is 5.32 Å². The summed E-state index contributed by atoms with van der Waals surface area (Å²) in [6.45, 7) is 6.24. The zero-order valence-corrected chi connectivity index (χ0v) is 21.3. The summed E-state index contributed by atoms with van der Waals surface area (Å²) in [6, 6.07) is 24.5.